The van der Waals surface area contributed by atoms with Crippen molar-refractivity contribution < 1.29 is 8.42 Å². The summed E-state index contributed by atoms with van der Waals surface area (Å²) < 4.78 is 26.0. The molecule has 1 atom stereocenters. The number of piperidine rings is 1. The monoisotopic (exact) mass is 350 g/mol. The number of hydrogen-bond acceptors (Lipinski definition) is 3. The molecule has 0 N–H and O–H groups in total. The van der Waals surface area contributed by atoms with Gasteiger partial charge in [0.1, 0.15) is 0 Å². The smallest absolute Gasteiger partial charge is 0.213 e. The van der Waals surface area contributed by atoms with Crippen LogP contribution in [0.15, 0.2) is 30.3 Å². The third-order valence-corrected chi connectivity index (χ3v) is 7.51. The first-order chi connectivity index (χ1) is 11.5. The van der Waals surface area contributed by atoms with E-state index in [0.717, 1.165) is 39.0 Å². The predicted molar refractivity (Wildman–Crippen MR) is 98.5 cm³/mol. The number of hydrogen-bond donors (Lipinski definition) is 0. The van der Waals surface area contributed by atoms with Gasteiger partial charge in [0.05, 0.1) is 5.75 Å². The first kappa shape index (κ1) is 17.9. The van der Waals surface area contributed by atoms with Gasteiger partial charge in [-0.2, -0.15) is 0 Å². The van der Waals surface area contributed by atoms with E-state index in [1.165, 1.54) is 24.8 Å². The van der Waals surface area contributed by atoms with Crippen LogP contribution in [0.25, 0.3) is 0 Å². The molecule has 1 aromatic carbocycles. The van der Waals surface area contributed by atoms with Gasteiger partial charge in [0.25, 0.3) is 0 Å². The quantitative estimate of drug-likeness (QED) is 0.792. The van der Waals surface area contributed by atoms with Crippen molar-refractivity contribution in [2.45, 2.75) is 39.0 Å². The highest BCUT2D eigenvalue weighted by molar-refractivity contribution is 7.89. The second-order valence-corrected chi connectivity index (χ2v) is 9.71. The van der Waals surface area contributed by atoms with Crippen LogP contribution in [0.3, 0.4) is 0 Å². The lowest BCUT2D eigenvalue weighted by molar-refractivity contribution is 0.0983. The zero-order valence-electron chi connectivity index (χ0n) is 14.8. The highest BCUT2D eigenvalue weighted by Crippen LogP contribution is 2.40. The van der Waals surface area contributed by atoms with Gasteiger partial charge in [-0.3, -0.25) is 0 Å². The van der Waals surface area contributed by atoms with Crippen molar-refractivity contribution in [1.29, 1.82) is 0 Å². The van der Waals surface area contributed by atoms with Gasteiger partial charge in [0.2, 0.25) is 10.0 Å². The second-order valence-electron chi connectivity index (χ2n) is 7.45. The molecule has 4 nitrogen and oxygen atoms in total. The van der Waals surface area contributed by atoms with Crippen LogP contribution in [-0.4, -0.2) is 56.1 Å². The van der Waals surface area contributed by atoms with Gasteiger partial charge in [-0.1, -0.05) is 30.3 Å². The zero-order valence-corrected chi connectivity index (χ0v) is 15.6. The van der Waals surface area contributed by atoms with E-state index in [9.17, 15) is 8.42 Å². The summed E-state index contributed by atoms with van der Waals surface area (Å²) >= 11 is 0. The molecular formula is C19H30N2O2S. The fourth-order valence-corrected chi connectivity index (χ4v) is 5.50. The number of benzene rings is 1. The molecule has 24 heavy (non-hydrogen) atoms. The minimum Gasteiger partial charge on any atom is -0.303 e. The molecule has 2 aliphatic rings. The van der Waals surface area contributed by atoms with E-state index in [2.05, 4.69) is 35.2 Å². The van der Waals surface area contributed by atoms with Crippen LogP contribution in [-0.2, 0) is 16.4 Å². The van der Waals surface area contributed by atoms with Crippen molar-refractivity contribution in [3.8, 4) is 0 Å². The summed E-state index contributed by atoms with van der Waals surface area (Å²) in [6, 6.07) is 10.7. The molecule has 1 aromatic rings. The van der Waals surface area contributed by atoms with Crippen molar-refractivity contribution in [3.05, 3.63) is 35.9 Å². The average molecular weight is 351 g/mol. The maximum Gasteiger partial charge on any atom is 0.213 e. The van der Waals surface area contributed by atoms with Crippen LogP contribution in [0.4, 0.5) is 0 Å². The van der Waals surface area contributed by atoms with Gasteiger partial charge in [0.15, 0.2) is 0 Å². The molecule has 3 rings (SSSR count). The molecule has 2 heterocycles. The van der Waals surface area contributed by atoms with Crippen LogP contribution in [0, 0.1) is 5.41 Å². The Morgan fingerprint density at radius 3 is 2.62 bits per heavy atom. The molecule has 0 amide bonds. The first-order valence-electron chi connectivity index (χ1n) is 9.27. The fourth-order valence-electron chi connectivity index (χ4n) is 4.30. The summed E-state index contributed by atoms with van der Waals surface area (Å²) in [6.45, 7) is 6.55. The molecule has 5 heteroatoms. The van der Waals surface area contributed by atoms with Crippen LogP contribution >= 0.6 is 0 Å². The number of nitrogens with zero attached hydrogens (tertiary/aromatic N) is 2. The van der Waals surface area contributed by atoms with Gasteiger partial charge in [-0.25, -0.2) is 12.7 Å². The van der Waals surface area contributed by atoms with E-state index in [0.29, 0.717) is 6.54 Å². The Labute approximate surface area is 146 Å². The SMILES string of the molecule is CCS(=O)(=O)N1CC[C@]2(CCCN(CCCc3ccccc3)C2)C1. The van der Waals surface area contributed by atoms with Gasteiger partial charge in [-0.05, 0) is 63.1 Å². The Balaban J connectivity index is 1.51. The number of rotatable bonds is 6. The van der Waals surface area contributed by atoms with E-state index in [1.54, 1.807) is 11.2 Å². The summed E-state index contributed by atoms with van der Waals surface area (Å²) in [4.78, 5) is 2.56. The Bertz CT molecular complexity index is 632. The summed E-state index contributed by atoms with van der Waals surface area (Å²) in [5.41, 5.74) is 1.61. The van der Waals surface area contributed by atoms with Crippen molar-refractivity contribution in [2.75, 3.05) is 38.5 Å². The van der Waals surface area contributed by atoms with Crippen molar-refractivity contribution >= 4 is 10.0 Å². The molecule has 1 spiro atoms. The summed E-state index contributed by atoms with van der Waals surface area (Å²) in [5.74, 6) is 0.226. The van der Waals surface area contributed by atoms with Crippen LogP contribution in [0.5, 0.6) is 0 Å². The van der Waals surface area contributed by atoms with Gasteiger partial charge >= 0.3 is 0 Å². The molecule has 2 saturated heterocycles. The standard InChI is InChI=1S/C19H30N2O2S/c1-2-24(22,23)21-15-12-19(17-21)11-7-14-20(16-19)13-6-10-18-8-4-3-5-9-18/h3-5,8-9H,2,6-7,10-17H2,1H3/t19-/m0/s1. The van der Waals surface area contributed by atoms with Crippen molar-refractivity contribution in [1.82, 2.24) is 9.21 Å². The van der Waals surface area contributed by atoms with Crippen molar-refractivity contribution in [2.24, 2.45) is 5.41 Å². The van der Waals surface area contributed by atoms with E-state index in [4.69, 9.17) is 0 Å². The molecule has 0 unspecified atom stereocenters. The van der Waals surface area contributed by atoms with Crippen LogP contribution in [0.1, 0.15) is 38.2 Å². The third-order valence-electron chi connectivity index (χ3n) is 5.68. The Kier molecular flexibility index (Phi) is 5.63. The Hall–Kier alpha value is -0.910. The zero-order chi connectivity index (χ0) is 17.0. The number of sulfonamides is 1. The first-order valence-corrected chi connectivity index (χ1v) is 10.9. The van der Waals surface area contributed by atoms with E-state index < -0.39 is 10.0 Å². The minimum atomic E-state index is -3.03. The Morgan fingerprint density at radius 2 is 1.88 bits per heavy atom. The molecule has 0 aromatic heterocycles. The van der Waals surface area contributed by atoms with Crippen LogP contribution < -0.4 is 0 Å². The number of likely N-dealkylation sites (tertiary alicyclic amines) is 1. The minimum absolute atomic E-state index is 0.202. The highest BCUT2D eigenvalue weighted by Gasteiger charge is 2.44. The lowest BCUT2D eigenvalue weighted by Gasteiger charge is -2.40. The predicted octanol–water partition coefficient (Wildman–Crippen LogP) is 2.76. The molecule has 0 aliphatic carbocycles. The fraction of sp³-hybridized carbons (Fsp3) is 0.684. The van der Waals surface area contributed by atoms with E-state index >= 15 is 0 Å². The molecule has 2 aliphatic heterocycles. The van der Waals surface area contributed by atoms with Gasteiger partial charge in [-0.15, -0.1) is 0 Å². The number of aryl methyl sites for hydroxylation is 1. The third kappa shape index (κ3) is 4.19. The molecule has 134 valence electrons. The second kappa shape index (κ2) is 7.54. The maximum atomic E-state index is 12.2. The van der Waals surface area contributed by atoms with Crippen LogP contribution in [0.2, 0.25) is 0 Å². The largest absolute Gasteiger partial charge is 0.303 e. The molecule has 0 saturated carbocycles. The normalized spacial score (nSPS) is 26.2. The maximum absolute atomic E-state index is 12.2. The Morgan fingerprint density at radius 1 is 1.08 bits per heavy atom. The van der Waals surface area contributed by atoms with E-state index in [-0.39, 0.29) is 11.2 Å². The molecule has 0 radical (unpaired) electrons. The summed E-state index contributed by atoms with van der Waals surface area (Å²) in [5, 5.41) is 0. The van der Waals surface area contributed by atoms with Gasteiger partial charge < -0.3 is 4.90 Å². The van der Waals surface area contributed by atoms with E-state index in [1.807, 2.05) is 0 Å². The molecule has 0 bridgehead atoms. The molecular weight excluding hydrogens is 320 g/mol. The highest BCUT2D eigenvalue weighted by atomic mass is 32.2. The lowest BCUT2D eigenvalue weighted by atomic mass is 9.79. The molecule has 2 fully saturated rings. The topological polar surface area (TPSA) is 40.6 Å². The summed E-state index contributed by atoms with van der Waals surface area (Å²) in [7, 11) is -3.03. The van der Waals surface area contributed by atoms with Gasteiger partial charge in [0, 0.05) is 19.6 Å². The lowest BCUT2D eigenvalue weighted by Crippen LogP contribution is -2.45. The summed E-state index contributed by atoms with van der Waals surface area (Å²) in [6.07, 6.45) is 5.71. The average Bonchev–Trinajstić information content (AvgIpc) is 3.00. The van der Waals surface area contributed by atoms with Crippen molar-refractivity contribution in [3.63, 3.8) is 0 Å².